The highest BCUT2D eigenvalue weighted by Crippen LogP contribution is 2.29. The number of hydrogen-bond acceptors (Lipinski definition) is 1. The topological polar surface area (TPSA) is 20.2 Å². The Morgan fingerprint density at radius 1 is 0.731 bits per heavy atom. The van der Waals surface area contributed by atoms with Crippen molar-refractivity contribution in [3.05, 3.63) is 96.1 Å². The molecular formula is C23H20F2O. The van der Waals surface area contributed by atoms with Crippen LogP contribution in [-0.2, 0) is 6.42 Å². The Bertz CT molecular complexity index is 862. The summed E-state index contributed by atoms with van der Waals surface area (Å²) in [6, 6.07) is 24.0. The van der Waals surface area contributed by atoms with Crippen molar-refractivity contribution in [3.8, 4) is 16.9 Å². The van der Waals surface area contributed by atoms with Crippen LogP contribution in [0.25, 0.3) is 16.7 Å². The quantitative estimate of drug-likeness (QED) is 0.525. The maximum atomic E-state index is 13.4. The fourth-order valence-electron chi connectivity index (χ4n) is 2.97. The number of hydrogen-bond donors (Lipinski definition) is 1. The van der Waals surface area contributed by atoms with Gasteiger partial charge in [0.2, 0.25) is 0 Å². The van der Waals surface area contributed by atoms with Gasteiger partial charge in [0.25, 0.3) is 6.08 Å². The van der Waals surface area contributed by atoms with Gasteiger partial charge in [0.1, 0.15) is 5.75 Å². The van der Waals surface area contributed by atoms with Gasteiger partial charge in [-0.15, -0.1) is 0 Å². The minimum Gasteiger partial charge on any atom is -0.508 e. The van der Waals surface area contributed by atoms with E-state index in [1.54, 1.807) is 24.3 Å². The molecule has 0 amide bonds. The van der Waals surface area contributed by atoms with Crippen molar-refractivity contribution in [2.45, 2.75) is 19.3 Å². The molecule has 1 N–H and O–H groups in total. The van der Waals surface area contributed by atoms with E-state index in [0.29, 0.717) is 24.8 Å². The highest BCUT2D eigenvalue weighted by Gasteiger charge is 2.10. The van der Waals surface area contributed by atoms with E-state index in [0.717, 1.165) is 16.7 Å². The first-order valence-electron chi connectivity index (χ1n) is 8.61. The van der Waals surface area contributed by atoms with E-state index >= 15 is 0 Å². The molecule has 3 heteroatoms. The average Bonchev–Trinajstić information content (AvgIpc) is 2.67. The molecule has 3 rings (SSSR count). The number of aromatic hydroxyl groups is 1. The van der Waals surface area contributed by atoms with Gasteiger partial charge in [-0.2, -0.15) is 8.78 Å². The van der Waals surface area contributed by atoms with Crippen molar-refractivity contribution in [1.29, 1.82) is 0 Å². The van der Waals surface area contributed by atoms with E-state index < -0.39 is 6.08 Å². The summed E-state index contributed by atoms with van der Waals surface area (Å²) in [5, 5.41) is 9.29. The summed E-state index contributed by atoms with van der Waals surface area (Å²) in [5.41, 5.74) is 3.77. The van der Waals surface area contributed by atoms with Crippen molar-refractivity contribution in [2.24, 2.45) is 0 Å². The van der Waals surface area contributed by atoms with E-state index in [2.05, 4.69) is 0 Å². The predicted molar refractivity (Wildman–Crippen MR) is 102 cm³/mol. The van der Waals surface area contributed by atoms with E-state index in [1.807, 2.05) is 54.6 Å². The smallest absolute Gasteiger partial charge is 0.274 e. The average molecular weight is 350 g/mol. The number of rotatable bonds is 6. The molecule has 3 aromatic carbocycles. The molecular weight excluding hydrogens is 330 g/mol. The molecule has 0 aromatic heterocycles. The second kappa shape index (κ2) is 8.43. The lowest BCUT2D eigenvalue weighted by molar-refractivity contribution is 0.422. The second-order valence-electron chi connectivity index (χ2n) is 6.20. The van der Waals surface area contributed by atoms with Crippen LogP contribution in [0.15, 0.2) is 84.9 Å². The second-order valence-corrected chi connectivity index (χ2v) is 6.20. The summed E-state index contributed by atoms with van der Waals surface area (Å²) < 4.78 is 26.9. The van der Waals surface area contributed by atoms with E-state index in [1.165, 1.54) is 0 Å². The van der Waals surface area contributed by atoms with Crippen molar-refractivity contribution >= 4 is 5.57 Å². The van der Waals surface area contributed by atoms with Gasteiger partial charge in [-0.3, -0.25) is 0 Å². The fraction of sp³-hybridized carbons (Fsp3) is 0.130. The zero-order valence-electron chi connectivity index (χ0n) is 14.3. The molecule has 1 nitrogen and oxygen atoms in total. The first-order valence-corrected chi connectivity index (χ1v) is 8.61. The summed E-state index contributed by atoms with van der Waals surface area (Å²) in [7, 11) is 0. The predicted octanol–water partition coefficient (Wildman–Crippen LogP) is 6.69. The number of benzene rings is 3. The molecule has 0 bridgehead atoms. The minimum absolute atomic E-state index is 0.100. The van der Waals surface area contributed by atoms with Crippen LogP contribution >= 0.6 is 0 Å². The van der Waals surface area contributed by atoms with Crippen LogP contribution in [-0.4, -0.2) is 5.11 Å². The minimum atomic E-state index is -1.62. The van der Waals surface area contributed by atoms with Crippen molar-refractivity contribution in [3.63, 3.8) is 0 Å². The zero-order chi connectivity index (χ0) is 18.4. The van der Waals surface area contributed by atoms with Crippen LogP contribution in [0.1, 0.15) is 24.0 Å². The molecule has 0 unspecified atom stereocenters. The summed E-state index contributed by atoms with van der Waals surface area (Å²) in [4.78, 5) is 0. The normalized spacial score (nSPS) is 10.5. The highest BCUT2D eigenvalue weighted by atomic mass is 19.3. The van der Waals surface area contributed by atoms with Crippen molar-refractivity contribution in [2.75, 3.05) is 0 Å². The van der Waals surface area contributed by atoms with Gasteiger partial charge in [0.15, 0.2) is 0 Å². The number of halogens is 2. The molecule has 0 radical (unpaired) electrons. The molecule has 3 aromatic rings. The first-order chi connectivity index (χ1) is 12.6. The lowest BCUT2D eigenvalue weighted by Gasteiger charge is -2.09. The van der Waals surface area contributed by atoms with E-state index in [4.69, 9.17) is 0 Å². The number of phenolic OH excluding ortho intramolecular Hbond substituents is 1. The zero-order valence-corrected chi connectivity index (χ0v) is 14.3. The van der Waals surface area contributed by atoms with Crippen LogP contribution in [0.4, 0.5) is 8.78 Å². The molecule has 0 atom stereocenters. The van der Waals surface area contributed by atoms with Gasteiger partial charge in [0, 0.05) is 5.57 Å². The van der Waals surface area contributed by atoms with Crippen LogP contribution < -0.4 is 0 Å². The van der Waals surface area contributed by atoms with Gasteiger partial charge in [-0.05, 0) is 53.6 Å². The Balaban J connectivity index is 1.68. The van der Waals surface area contributed by atoms with Gasteiger partial charge >= 0.3 is 0 Å². The molecule has 132 valence electrons. The van der Waals surface area contributed by atoms with Crippen LogP contribution in [0.5, 0.6) is 5.75 Å². The monoisotopic (exact) mass is 350 g/mol. The molecule has 0 aliphatic carbocycles. The molecule has 0 saturated heterocycles. The largest absolute Gasteiger partial charge is 0.508 e. The fourth-order valence-corrected chi connectivity index (χ4v) is 2.97. The number of aryl methyl sites for hydroxylation is 1. The molecule has 0 aliphatic heterocycles. The van der Waals surface area contributed by atoms with Crippen LogP contribution in [0.2, 0.25) is 0 Å². The van der Waals surface area contributed by atoms with Crippen LogP contribution in [0, 0.1) is 0 Å². The third-order valence-corrected chi connectivity index (χ3v) is 4.40. The molecule has 0 aliphatic rings. The molecule has 0 heterocycles. The van der Waals surface area contributed by atoms with Crippen LogP contribution in [0.3, 0.4) is 0 Å². The van der Waals surface area contributed by atoms with Gasteiger partial charge in [0.05, 0.1) is 0 Å². The molecule has 0 saturated carbocycles. The maximum absolute atomic E-state index is 13.4. The Kier molecular flexibility index (Phi) is 5.80. The van der Waals surface area contributed by atoms with Gasteiger partial charge < -0.3 is 5.11 Å². The van der Waals surface area contributed by atoms with Gasteiger partial charge in [-0.1, -0.05) is 66.7 Å². The Morgan fingerprint density at radius 2 is 1.35 bits per heavy atom. The van der Waals surface area contributed by atoms with E-state index in [-0.39, 0.29) is 11.3 Å². The summed E-state index contributed by atoms with van der Waals surface area (Å²) in [6.45, 7) is 0. The molecule has 0 fully saturated rings. The summed E-state index contributed by atoms with van der Waals surface area (Å²) in [5.74, 6) is 0.211. The third-order valence-electron chi connectivity index (χ3n) is 4.40. The van der Waals surface area contributed by atoms with Crippen molar-refractivity contribution < 1.29 is 13.9 Å². The maximum Gasteiger partial charge on any atom is 0.274 e. The summed E-state index contributed by atoms with van der Waals surface area (Å²) in [6.07, 6.45) is 0.00783. The molecule has 0 spiro atoms. The third kappa shape index (κ3) is 4.57. The number of phenols is 1. The van der Waals surface area contributed by atoms with Gasteiger partial charge in [-0.25, -0.2) is 0 Å². The standard InChI is InChI=1S/C23H20F2O/c24-23(25)22(8-4-5-17-9-15-21(26)16-10-17)20-13-11-19(12-14-20)18-6-2-1-3-7-18/h1-3,6-7,9-16,26H,4-5,8H2. The lowest BCUT2D eigenvalue weighted by atomic mass is 9.97. The first kappa shape index (κ1) is 17.9. The highest BCUT2D eigenvalue weighted by molar-refractivity contribution is 5.70. The Hall–Kier alpha value is -2.94. The Morgan fingerprint density at radius 3 is 1.96 bits per heavy atom. The van der Waals surface area contributed by atoms with E-state index in [9.17, 15) is 13.9 Å². The summed E-state index contributed by atoms with van der Waals surface area (Å²) >= 11 is 0. The van der Waals surface area contributed by atoms with Crippen molar-refractivity contribution in [1.82, 2.24) is 0 Å². The lowest BCUT2D eigenvalue weighted by Crippen LogP contribution is -1.91. The molecule has 26 heavy (non-hydrogen) atoms. The Labute approximate surface area is 152 Å². The number of allylic oxidation sites excluding steroid dienone is 1. The SMILES string of the molecule is Oc1ccc(CCCC(=C(F)F)c2ccc(-c3ccccc3)cc2)cc1.